The van der Waals surface area contributed by atoms with Crippen LogP contribution in [-0.4, -0.2) is 35.7 Å². The zero-order chi connectivity index (χ0) is 19.3. The van der Waals surface area contributed by atoms with Gasteiger partial charge in [0.2, 0.25) is 5.91 Å². The van der Waals surface area contributed by atoms with Crippen LogP contribution in [0.2, 0.25) is 0 Å². The molecule has 0 unspecified atom stereocenters. The molecule has 0 aromatic carbocycles. The van der Waals surface area contributed by atoms with Crippen LogP contribution < -0.4 is 21.9 Å². The summed E-state index contributed by atoms with van der Waals surface area (Å²) in [6.07, 6.45) is 4.77. The van der Waals surface area contributed by atoms with Crippen molar-refractivity contribution in [3.8, 4) is 0 Å². The molecule has 8 nitrogen and oxygen atoms in total. The van der Waals surface area contributed by atoms with Crippen molar-refractivity contribution >= 4 is 17.4 Å². The lowest BCUT2D eigenvalue weighted by Gasteiger charge is -2.30. The van der Waals surface area contributed by atoms with Gasteiger partial charge in [0.1, 0.15) is 5.82 Å². The van der Waals surface area contributed by atoms with Gasteiger partial charge in [-0.1, -0.05) is 33.1 Å². The standard InChI is InChI=1S/C18H30N4O4/c1-12(2)11-22-15(19)14(16(23)20-18(22)25)21(9-10-26-3)17(24)13-7-5-4-6-8-13/h12-13H,4-11,19H2,1-3H3,(H,20,23,25). The fraction of sp³-hybridized carbons (Fsp3) is 0.722. The summed E-state index contributed by atoms with van der Waals surface area (Å²) in [6, 6.07) is 0. The molecule has 0 bridgehead atoms. The van der Waals surface area contributed by atoms with E-state index < -0.39 is 11.2 Å². The van der Waals surface area contributed by atoms with Crippen LogP contribution in [0.1, 0.15) is 46.0 Å². The number of nitrogens with one attached hydrogen (secondary N) is 1. The van der Waals surface area contributed by atoms with E-state index in [0.717, 1.165) is 32.1 Å². The van der Waals surface area contributed by atoms with Gasteiger partial charge in [0.05, 0.1) is 6.61 Å². The summed E-state index contributed by atoms with van der Waals surface area (Å²) in [7, 11) is 1.54. The summed E-state index contributed by atoms with van der Waals surface area (Å²) in [5, 5.41) is 0. The first-order valence-corrected chi connectivity index (χ1v) is 9.29. The lowest BCUT2D eigenvalue weighted by Crippen LogP contribution is -2.45. The third-order valence-electron chi connectivity index (χ3n) is 4.77. The smallest absolute Gasteiger partial charge is 0.330 e. The van der Waals surface area contributed by atoms with E-state index in [1.165, 1.54) is 16.6 Å². The van der Waals surface area contributed by atoms with Gasteiger partial charge in [-0.25, -0.2) is 4.79 Å². The Morgan fingerprint density at radius 1 is 1.31 bits per heavy atom. The molecule has 1 fully saturated rings. The monoisotopic (exact) mass is 366 g/mol. The van der Waals surface area contributed by atoms with Gasteiger partial charge in [0, 0.05) is 26.1 Å². The Morgan fingerprint density at radius 3 is 2.54 bits per heavy atom. The molecule has 8 heteroatoms. The number of carbonyl (C=O) groups is 1. The molecule has 1 heterocycles. The summed E-state index contributed by atoms with van der Waals surface area (Å²) >= 11 is 0. The predicted molar refractivity (Wildman–Crippen MR) is 101 cm³/mol. The highest BCUT2D eigenvalue weighted by molar-refractivity contribution is 5.97. The maximum absolute atomic E-state index is 13.1. The van der Waals surface area contributed by atoms with E-state index in [1.807, 2.05) is 13.8 Å². The molecule has 0 atom stereocenters. The maximum Gasteiger partial charge on any atom is 0.330 e. The number of nitrogen functional groups attached to an aromatic ring is 1. The van der Waals surface area contributed by atoms with Crippen molar-refractivity contribution in [3.05, 3.63) is 20.8 Å². The predicted octanol–water partition coefficient (Wildman–Crippen LogP) is 1.33. The topological polar surface area (TPSA) is 110 Å². The second-order valence-corrected chi connectivity index (χ2v) is 7.32. The lowest BCUT2D eigenvalue weighted by atomic mass is 9.88. The van der Waals surface area contributed by atoms with Crippen LogP contribution in [0.25, 0.3) is 0 Å². The third kappa shape index (κ3) is 4.55. The number of hydrogen-bond donors (Lipinski definition) is 2. The summed E-state index contributed by atoms with van der Waals surface area (Å²) in [4.78, 5) is 41.5. The minimum Gasteiger partial charge on any atom is -0.383 e. The van der Waals surface area contributed by atoms with Gasteiger partial charge >= 0.3 is 5.69 Å². The summed E-state index contributed by atoms with van der Waals surface area (Å²) < 4.78 is 6.44. The Kier molecular flexibility index (Phi) is 7.02. The molecule has 0 radical (unpaired) electrons. The van der Waals surface area contributed by atoms with Gasteiger partial charge in [-0.05, 0) is 18.8 Å². The van der Waals surface area contributed by atoms with Crippen LogP contribution in [-0.2, 0) is 16.1 Å². The quantitative estimate of drug-likeness (QED) is 0.756. The van der Waals surface area contributed by atoms with Gasteiger partial charge in [-0.15, -0.1) is 0 Å². The highest BCUT2D eigenvalue weighted by Crippen LogP contribution is 2.28. The fourth-order valence-corrected chi connectivity index (χ4v) is 3.47. The number of aromatic amines is 1. The van der Waals surface area contributed by atoms with Gasteiger partial charge in [0.25, 0.3) is 5.56 Å². The van der Waals surface area contributed by atoms with E-state index >= 15 is 0 Å². The first-order valence-electron chi connectivity index (χ1n) is 9.29. The lowest BCUT2D eigenvalue weighted by molar-refractivity contribution is -0.123. The van der Waals surface area contributed by atoms with Crippen molar-refractivity contribution in [1.82, 2.24) is 9.55 Å². The highest BCUT2D eigenvalue weighted by atomic mass is 16.5. The molecule has 0 aliphatic heterocycles. The number of nitrogens with two attached hydrogens (primary N) is 1. The van der Waals surface area contributed by atoms with E-state index in [1.54, 1.807) is 0 Å². The number of H-pyrrole nitrogens is 1. The van der Waals surface area contributed by atoms with Crippen molar-refractivity contribution in [3.63, 3.8) is 0 Å². The van der Waals surface area contributed by atoms with Crippen molar-refractivity contribution in [1.29, 1.82) is 0 Å². The Bertz CT molecular complexity index is 732. The van der Waals surface area contributed by atoms with E-state index in [9.17, 15) is 14.4 Å². The van der Waals surface area contributed by atoms with Crippen LogP contribution in [0.5, 0.6) is 0 Å². The minimum absolute atomic E-state index is 0.0349. The maximum atomic E-state index is 13.1. The Balaban J connectivity index is 2.48. The van der Waals surface area contributed by atoms with E-state index in [0.29, 0.717) is 6.54 Å². The zero-order valence-electron chi connectivity index (χ0n) is 15.9. The van der Waals surface area contributed by atoms with Crippen molar-refractivity contribution < 1.29 is 9.53 Å². The van der Waals surface area contributed by atoms with E-state index in [-0.39, 0.29) is 42.4 Å². The molecular weight excluding hydrogens is 336 g/mol. The molecule has 146 valence electrons. The Labute approximate surface area is 153 Å². The average Bonchev–Trinajstić information content (AvgIpc) is 2.61. The molecule has 3 N–H and O–H groups in total. The summed E-state index contributed by atoms with van der Waals surface area (Å²) in [5.41, 5.74) is 5.05. The van der Waals surface area contributed by atoms with E-state index in [2.05, 4.69) is 4.98 Å². The van der Waals surface area contributed by atoms with Crippen LogP contribution in [0, 0.1) is 11.8 Å². The Morgan fingerprint density at radius 2 is 1.96 bits per heavy atom. The molecule has 1 amide bonds. The SMILES string of the molecule is COCCN(C(=O)C1CCCCC1)c1c(N)n(CC(C)C)c(=O)[nH]c1=O. The molecule has 1 aromatic heterocycles. The van der Waals surface area contributed by atoms with Crippen LogP contribution in [0.3, 0.4) is 0 Å². The zero-order valence-corrected chi connectivity index (χ0v) is 15.9. The van der Waals surface area contributed by atoms with Crippen LogP contribution >= 0.6 is 0 Å². The third-order valence-corrected chi connectivity index (χ3v) is 4.77. The molecule has 26 heavy (non-hydrogen) atoms. The van der Waals surface area contributed by atoms with Crippen LogP contribution in [0.15, 0.2) is 9.59 Å². The van der Waals surface area contributed by atoms with Crippen molar-refractivity contribution in [2.75, 3.05) is 30.9 Å². The van der Waals surface area contributed by atoms with E-state index in [4.69, 9.17) is 10.5 Å². The molecule has 2 rings (SSSR count). The number of aromatic nitrogens is 2. The van der Waals surface area contributed by atoms with Gasteiger partial charge in [-0.2, -0.15) is 0 Å². The highest BCUT2D eigenvalue weighted by Gasteiger charge is 2.30. The summed E-state index contributed by atoms with van der Waals surface area (Å²) in [6.45, 7) is 4.77. The second-order valence-electron chi connectivity index (χ2n) is 7.32. The molecule has 1 aromatic rings. The molecular formula is C18H30N4O4. The van der Waals surface area contributed by atoms with Crippen molar-refractivity contribution in [2.24, 2.45) is 11.8 Å². The number of carbonyl (C=O) groups excluding carboxylic acids is 1. The number of amides is 1. The second kappa shape index (κ2) is 9.02. The molecule has 0 saturated heterocycles. The van der Waals surface area contributed by atoms with Crippen LogP contribution in [0.4, 0.5) is 11.5 Å². The number of ether oxygens (including phenoxy) is 1. The number of methoxy groups -OCH3 is 1. The Hall–Kier alpha value is -2.09. The van der Waals surface area contributed by atoms with Gasteiger partial charge < -0.3 is 15.4 Å². The molecule has 1 saturated carbocycles. The number of hydrogen-bond acceptors (Lipinski definition) is 5. The van der Waals surface area contributed by atoms with Gasteiger partial charge in [0.15, 0.2) is 5.69 Å². The fourth-order valence-electron chi connectivity index (χ4n) is 3.47. The normalized spacial score (nSPS) is 15.4. The molecule has 1 aliphatic rings. The number of nitrogens with zero attached hydrogens (tertiary/aromatic N) is 2. The number of anilines is 2. The summed E-state index contributed by atoms with van der Waals surface area (Å²) in [5.74, 6) is -0.0403. The largest absolute Gasteiger partial charge is 0.383 e. The molecule has 1 aliphatic carbocycles. The van der Waals surface area contributed by atoms with Gasteiger partial charge in [-0.3, -0.25) is 19.1 Å². The number of rotatable bonds is 7. The van der Waals surface area contributed by atoms with Crippen molar-refractivity contribution in [2.45, 2.75) is 52.5 Å². The first-order chi connectivity index (χ1) is 12.4. The average molecular weight is 366 g/mol. The molecule has 0 spiro atoms. The minimum atomic E-state index is -0.632. The first kappa shape index (κ1) is 20.2.